The quantitative estimate of drug-likeness (QED) is 0.862. The number of aromatic nitrogens is 1. The number of hydrogen-bond donors (Lipinski definition) is 1. The van der Waals surface area contributed by atoms with E-state index in [-0.39, 0.29) is 5.78 Å². The van der Waals surface area contributed by atoms with Gasteiger partial charge in [0.25, 0.3) is 0 Å². The van der Waals surface area contributed by atoms with Crippen LogP contribution < -0.4 is 0 Å². The molecule has 4 nitrogen and oxygen atoms in total. The molecule has 1 aromatic heterocycles. The minimum absolute atomic E-state index is 0.0126. The van der Waals surface area contributed by atoms with Crippen LogP contribution in [0, 0.1) is 0 Å². The summed E-state index contributed by atoms with van der Waals surface area (Å²) in [6.07, 6.45) is 2.28. The van der Waals surface area contributed by atoms with Crippen molar-refractivity contribution in [3.8, 4) is 0 Å². The molecule has 1 unspecified atom stereocenters. The first kappa shape index (κ1) is 14.6. The van der Waals surface area contributed by atoms with Crippen molar-refractivity contribution < 1.29 is 14.7 Å². The molecule has 0 fully saturated rings. The molecular weight excluding hydrogens is 278 g/mol. The van der Waals surface area contributed by atoms with E-state index in [1.807, 2.05) is 41.0 Å². The molecule has 0 saturated heterocycles. The van der Waals surface area contributed by atoms with Crippen LogP contribution >= 0.6 is 0 Å². The summed E-state index contributed by atoms with van der Waals surface area (Å²) < 4.78 is 1.92. The zero-order valence-corrected chi connectivity index (χ0v) is 12.6. The van der Waals surface area contributed by atoms with E-state index in [2.05, 4.69) is 6.92 Å². The monoisotopic (exact) mass is 297 g/mol. The summed E-state index contributed by atoms with van der Waals surface area (Å²) in [5.74, 6) is -1.31. The lowest BCUT2D eigenvalue weighted by molar-refractivity contribution is -0.138. The average Bonchev–Trinajstić information content (AvgIpc) is 3.06. The normalized spacial score (nSPS) is 16.5. The first-order valence-electron chi connectivity index (χ1n) is 7.68. The van der Waals surface area contributed by atoms with Crippen molar-refractivity contribution in [1.29, 1.82) is 0 Å². The molecule has 4 heteroatoms. The van der Waals surface area contributed by atoms with Gasteiger partial charge in [-0.2, -0.15) is 0 Å². The number of carboxylic acids is 1. The van der Waals surface area contributed by atoms with E-state index in [1.165, 1.54) is 0 Å². The highest BCUT2D eigenvalue weighted by molar-refractivity contribution is 6.09. The van der Waals surface area contributed by atoms with Crippen LogP contribution in [0.3, 0.4) is 0 Å². The molecule has 1 N–H and O–H groups in total. The highest BCUT2D eigenvalue weighted by atomic mass is 16.4. The van der Waals surface area contributed by atoms with Gasteiger partial charge in [0.1, 0.15) is 0 Å². The molecule has 3 rings (SSSR count). The molecule has 1 aliphatic heterocycles. The first-order chi connectivity index (χ1) is 10.6. The molecule has 114 valence electrons. The number of nitrogens with zero attached hydrogens (tertiary/aromatic N) is 1. The van der Waals surface area contributed by atoms with E-state index in [0.29, 0.717) is 24.2 Å². The Kier molecular flexibility index (Phi) is 3.84. The summed E-state index contributed by atoms with van der Waals surface area (Å²) >= 11 is 0. The number of aliphatic carboxylic acids is 1. The van der Waals surface area contributed by atoms with Crippen LogP contribution in [0.5, 0.6) is 0 Å². The first-order valence-corrected chi connectivity index (χ1v) is 7.68. The second-order valence-corrected chi connectivity index (χ2v) is 5.72. The molecule has 0 saturated carbocycles. The van der Waals surface area contributed by atoms with Gasteiger partial charge >= 0.3 is 5.97 Å². The number of aryl methyl sites for hydroxylation is 1. The fourth-order valence-electron chi connectivity index (χ4n) is 3.27. The van der Waals surface area contributed by atoms with Gasteiger partial charge in [-0.15, -0.1) is 0 Å². The number of carbonyl (C=O) groups is 2. The molecule has 0 radical (unpaired) electrons. The summed E-state index contributed by atoms with van der Waals surface area (Å²) in [7, 11) is 0. The zero-order chi connectivity index (χ0) is 15.7. The van der Waals surface area contributed by atoms with Gasteiger partial charge in [-0.05, 0) is 24.5 Å². The molecule has 1 aromatic carbocycles. The summed E-state index contributed by atoms with van der Waals surface area (Å²) in [6, 6.07) is 11.1. The number of fused-ring (bicyclic) bond motifs is 1. The minimum atomic E-state index is -0.807. The highest BCUT2D eigenvalue weighted by Gasteiger charge is 2.33. The maximum Gasteiger partial charge on any atom is 0.312 e. The average molecular weight is 297 g/mol. The van der Waals surface area contributed by atoms with Gasteiger partial charge in [-0.1, -0.05) is 43.7 Å². The van der Waals surface area contributed by atoms with E-state index in [0.717, 1.165) is 24.1 Å². The molecule has 22 heavy (non-hydrogen) atoms. The SMILES string of the molecule is CCCc1cc2n(c1C(=O)c1ccccc1)CCC2C(=O)O. The topological polar surface area (TPSA) is 59.3 Å². The molecule has 0 spiro atoms. The maximum absolute atomic E-state index is 12.9. The van der Waals surface area contributed by atoms with Gasteiger partial charge in [0.2, 0.25) is 5.78 Å². The van der Waals surface area contributed by atoms with Crippen LogP contribution in [0.25, 0.3) is 0 Å². The van der Waals surface area contributed by atoms with Crippen molar-refractivity contribution in [2.45, 2.75) is 38.6 Å². The Labute approximate surface area is 129 Å². The zero-order valence-electron chi connectivity index (χ0n) is 12.6. The van der Waals surface area contributed by atoms with Crippen LogP contribution in [0.2, 0.25) is 0 Å². The van der Waals surface area contributed by atoms with Gasteiger partial charge in [0, 0.05) is 17.8 Å². The Morgan fingerprint density at radius 2 is 2.00 bits per heavy atom. The van der Waals surface area contributed by atoms with E-state index < -0.39 is 11.9 Å². The molecule has 0 aliphatic carbocycles. The van der Waals surface area contributed by atoms with Crippen molar-refractivity contribution in [2.24, 2.45) is 0 Å². The smallest absolute Gasteiger partial charge is 0.312 e. The molecule has 2 aromatic rings. The Balaban J connectivity index is 2.09. The van der Waals surface area contributed by atoms with Crippen molar-refractivity contribution in [1.82, 2.24) is 4.57 Å². The third kappa shape index (κ3) is 2.34. The van der Waals surface area contributed by atoms with E-state index >= 15 is 0 Å². The second-order valence-electron chi connectivity index (χ2n) is 5.72. The fraction of sp³-hybridized carbons (Fsp3) is 0.333. The predicted molar refractivity (Wildman–Crippen MR) is 83.3 cm³/mol. The van der Waals surface area contributed by atoms with Crippen LogP contribution in [0.4, 0.5) is 0 Å². The standard InChI is InChI=1S/C18H19NO3/c1-2-6-13-11-15-14(18(21)22)9-10-19(15)16(13)17(20)12-7-4-3-5-8-12/h3-5,7-8,11,14H,2,6,9-10H2,1H3,(H,21,22). The maximum atomic E-state index is 12.9. The van der Waals surface area contributed by atoms with Gasteiger partial charge in [-0.3, -0.25) is 9.59 Å². The summed E-state index contributed by atoms with van der Waals surface area (Å²) in [6.45, 7) is 2.66. The lowest BCUT2D eigenvalue weighted by Gasteiger charge is -2.08. The molecule has 0 bridgehead atoms. The van der Waals surface area contributed by atoms with E-state index in [9.17, 15) is 14.7 Å². The van der Waals surface area contributed by atoms with Gasteiger partial charge in [0.05, 0.1) is 11.6 Å². The Morgan fingerprint density at radius 3 is 2.64 bits per heavy atom. The van der Waals surface area contributed by atoms with Gasteiger partial charge in [-0.25, -0.2) is 0 Å². The Bertz CT molecular complexity index is 715. The summed E-state index contributed by atoms with van der Waals surface area (Å²) in [5, 5.41) is 9.35. The van der Waals surface area contributed by atoms with Crippen molar-refractivity contribution >= 4 is 11.8 Å². The lowest BCUT2D eigenvalue weighted by Crippen LogP contribution is -2.11. The van der Waals surface area contributed by atoms with Gasteiger partial charge in [0.15, 0.2) is 0 Å². The number of benzene rings is 1. The molecule has 2 heterocycles. The molecule has 1 aliphatic rings. The second kappa shape index (κ2) is 5.79. The largest absolute Gasteiger partial charge is 0.481 e. The van der Waals surface area contributed by atoms with Crippen molar-refractivity contribution in [2.75, 3.05) is 0 Å². The number of ketones is 1. The third-order valence-electron chi connectivity index (χ3n) is 4.27. The molecular formula is C18H19NO3. The predicted octanol–water partition coefficient (Wildman–Crippen LogP) is 3.24. The summed E-state index contributed by atoms with van der Waals surface area (Å²) in [4.78, 5) is 24.3. The third-order valence-corrected chi connectivity index (χ3v) is 4.27. The minimum Gasteiger partial charge on any atom is -0.481 e. The number of hydrogen-bond acceptors (Lipinski definition) is 2. The summed E-state index contributed by atoms with van der Waals surface area (Å²) in [5.41, 5.74) is 3.07. The van der Waals surface area contributed by atoms with Crippen LogP contribution in [-0.2, 0) is 17.8 Å². The highest BCUT2D eigenvalue weighted by Crippen LogP contribution is 2.34. The Hall–Kier alpha value is -2.36. The fourth-order valence-corrected chi connectivity index (χ4v) is 3.27. The molecule has 0 amide bonds. The Morgan fingerprint density at radius 1 is 1.27 bits per heavy atom. The van der Waals surface area contributed by atoms with Crippen molar-refractivity contribution in [3.05, 3.63) is 58.9 Å². The van der Waals surface area contributed by atoms with Crippen LogP contribution in [-0.4, -0.2) is 21.4 Å². The van der Waals surface area contributed by atoms with Crippen LogP contribution in [0.1, 0.15) is 53.0 Å². The lowest BCUT2D eigenvalue weighted by atomic mass is 10.00. The number of rotatable bonds is 5. The van der Waals surface area contributed by atoms with Crippen LogP contribution in [0.15, 0.2) is 36.4 Å². The van der Waals surface area contributed by atoms with E-state index in [4.69, 9.17) is 0 Å². The van der Waals surface area contributed by atoms with E-state index in [1.54, 1.807) is 0 Å². The number of carboxylic acid groups (broad SMARTS) is 1. The van der Waals surface area contributed by atoms with Crippen molar-refractivity contribution in [3.63, 3.8) is 0 Å². The van der Waals surface area contributed by atoms with Gasteiger partial charge < -0.3 is 9.67 Å². The molecule has 1 atom stereocenters. The number of carbonyl (C=O) groups excluding carboxylic acids is 1.